The Hall–Kier alpha value is -0.120. The lowest BCUT2D eigenvalue weighted by Gasteiger charge is -2.41. The van der Waals surface area contributed by atoms with Gasteiger partial charge in [-0.3, -0.25) is 0 Å². The fourth-order valence-corrected chi connectivity index (χ4v) is 2.34. The number of hydrogen-bond acceptors (Lipinski definition) is 3. The van der Waals surface area contributed by atoms with Gasteiger partial charge in [-0.15, -0.1) is 0 Å². The van der Waals surface area contributed by atoms with Gasteiger partial charge in [0.25, 0.3) is 0 Å². The van der Waals surface area contributed by atoms with Crippen LogP contribution in [0.5, 0.6) is 0 Å². The minimum atomic E-state index is -0.112. The topological polar surface area (TPSA) is 27.7 Å². The molecule has 0 aromatic heterocycles. The van der Waals surface area contributed by atoms with E-state index in [9.17, 15) is 0 Å². The van der Waals surface area contributed by atoms with Gasteiger partial charge in [-0.1, -0.05) is 13.8 Å². The molecule has 96 valence electrons. The minimum Gasteiger partial charge on any atom is -0.378 e. The van der Waals surface area contributed by atoms with Gasteiger partial charge in [0, 0.05) is 20.0 Å². The highest BCUT2D eigenvalue weighted by molar-refractivity contribution is 4.84. The Morgan fingerprint density at radius 3 is 2.44 bits per heavy atom. The van der Waals surface area contributed by atoms with E-state index in [0.717, 1.165) is 25.7 Å². The number of rotatable bonds is 5. The third-order valence-corrected chi connectivity index (χ3v) is 3.45. The van der Waals surface area contributed by atoms with Crippen LogP contribution in [0.3, 0.4) is 0 Å². The monoisotopic (exact) mass is 230 g/mol. The molecular formula is C13H26O3. The summed E-state index contributed by atoms with van der Waals surface area (Å²) in [7, 11) is 1.77. The Kier molecular flexibility index (Phi) is 5.22. The first kappa shape index (κ1) is 13.9. The van der Waals surface area contributed by atoms with Crippen LogP contribution >= 0.6 is 0 Å². The highest BCUT2D eigenvalue weighted by Gasteiger charge is 2.37. The van der Waals surface area contributed by atoms with Crippen LogP contribution in [0.15, 0.2) is 0 Å². The van der Waals surface area contributed by atoms with Crippen molar-refractivity contribution < 1.29 is 14.2 Å². The molecule has 0 saturated carbocycles. The lowest BCUT2D eigenvalue weighted by atomic mass is 9.92. The zero-order valence-electron chi connectivity index (χ0n) is 11.3. The average molecular weight is 230 g/mol. The van der Waals surface area contributed by atoms with Crippen molar-refractivity contribution in [1.82, 2.24) is 0 Å². The molecule has 0 radical (unpaired) electrons. The Morgan fingerprint density at radius 2 is 1.94 bits per heavy atom. The van der Waals surface area contributed by atoms with Crippen molar-refractivity contribution in [3.05, 3.63) is 0 Å². The molecule has 0 spiro atoms. The summed E-state index contributed by atoms with van der Waals surface area (Å²) in [5.41, 5.74) is -0.103. The van der Waals surface area contributed by atoms with Gasteiger partial charge in [-0.25, -0.2) is 0 Å². The lowest BCUT2D eigenvalue weighted by molar-refractivity contribution is -0.252. The van der Waals surface area contributed by atoms with E-state index in [4.69, 9.17) is 14.2 Å². The first-order valence-corrected chi connectivity index (χ1v) is 6.39. The molecular weight excluding hydrogens is 204 g/mol. The molecule has 1 aliphatic rings. The fourth-order valence-electron chi connectivity index (χ4n) is 2.34. The van der Waals surface area contributed by atoms with E-state index >= 15 is 0 Å². The molecule has 1 saturated heterocycles. The van der Waals surface area contributed by atoms with Crippen molar-refractivity contribution in [3.63, 3.8) is 0 Å². The molecule has 1 rings (SSSR count). The van der Waals surface area contributed by atoms with Crippen molar-refractivity contribution in [2.45, 2.75) is 77.5 Å². The zero-order chi connectivity index (χ0) is 12.2. The first-order valence-electron chi connectivity index (χ1n) is 6.39. The minimum absolute atomic E-state index is 0.103. The van der Waals surface area contributed by atoms with Gasteiger partial charge in [-0.05, 0) is 26.7 Å². The summed E-state index contributed by atoms with van der Waals surface area (Å²) in [6, 6.07) is 0. The average Bonchev–Trinajstić information content (AvgIpc) is 2.25. The Balaban J connectivity index is 2.53. The van der Waals surface area contributed by atoms with E-state index in [2.05, 4.69) is 27.7 Å². The molecule has 0 aliphatic carbocycles. The van der Waals surface area contributed by atoms with Gasteiger partial charge >= 0.3 is 0 Å². The lowest BCUT2D eigenvalue weighted by Crippen LogP contribution is -2.45. The van der Waals surface area contributed by atoms with Crippen LogP contribution in [0, 0.1) is 0 Å². The maximum absolute atomic E-state index is 5.96. The predicted molar refractivity (Wildman–Crippen MR) is 64.4 cm³/mol. The zero-order valence-corrected chi connectivity index (χ0v) is 11.3. The van der Waals surface area contributed by atoms with Crippen LogP contribution in [0.2, 0.25) is 0 Å². The molecule has 1 heterocycles. The third-order valence-electron chi connectivity index (χ3n) is 3.45. The third kappa shape index (κ3) is 3.72. The molecule has 0 bridgehead atoms. The standard InChI is InChI=1S/C13H26O3/c1-6-11(7-2)16-12-9-13(4,14-5)8-10(3)15-12/h10-12H,6-9H2,1-5H3/t10-,12-,13-/m0/s1. The second-order valence-electron chi connectivity index (χ2n) is 5.01. The Labute approximate surface area is 99.5 Å². The summed E-state index contributed by atoms with van der Waals surface area (Å²) in [5.74, 6) is 0. The van der Waals surface area contributed by atoms with Crippen LogP contribution in [-0.2, 0) is 14.2 Å². The molecule has 3 atom stereocenters. The van der Waals surface area contributed by atoms with Gasteiger partial charge in [-0.2, -0.15) is 0 Å². The summed E-state index contributed by atoms with van der Waals surface area (Å²) in [5, 5.41) is 0. The second kappa shape index (κ2) is 5.99. The van der Waals surface area contributed by atoms with E-state index in [0.29, 0.717) is 6.10 Å². The Bertz CT molecular complexity index is 203. The maximum Gasteiger partial charge on any atom is 0.161 e. The number of hydrogen-bond donors (Lipinski definition) is 0. The SMILES string of the molecule is CCC(CC)O[C@H]1C[C@@](C)(OC)C[C@H](C)O1. The highest BCUT2D eigenvalue weighted by atomic mass is 16.7. The van der Waals surface area contributed by atoms with Gasteiger partial charge in [0.1, 0.15) is 0 Å². The molecule has 3 nitrogen and oxygen atoms in total. The molecule has 0 unspecified atom stereocenters. The van der Waals surface area contributed by atoms with Gasteiger partial charge in [0.2, 0.25) is 0 Å². The number of ether oxygens (including phenoxy) is 3. The maximum atomic E-state index is 5.96. The molecule has 3 heteroatoms. The molecule has 0 aromatic carbocycles. The molecule has 1 aliphatic heterocycles. The van der Waals surface area contributed by atoms with E-state index in [1.807, 2.05) is 0 Å². The van der Waals surface area contributed by atoms with Gasteiger partial charge in [0.15, 0.2) is 6.29 Å². The summed E-state index contributed by atoms with van der Waals surface area (Å²) in [6.07, 6.45) is 4.23. The summed E-state index contributed by atoms with van der Waals surface area (Å²) >= 11 is 0. The summed E-state index contributed by atoms with van der Waals surface area (Å²) in [6.45, 7) is 8.51. The van der Waals surface area contributed by atoms with Crippen molar-refractivity contribution >= 4 is 0 Å². The molecule has 0 N–H and O–H groups in total. The highest BCUT2D eigenvalue weighted by Crippen LogP contribution is 2.32. The van der Waals surface area contributed by atoms with Crippen LogP contribution < -0.4 is 0 Å². The van der Waals surface area contributed by atoms with Crippen molar-refractivity contribution in [3.8, 4) is 0 Å². The molecule has 1 fully saturated rings. The number of methoxy groups -OCH3 is 1. The van der Waals surface area contributed by atoms with Crippen LogP contribution in [-0.4, -0.2) is 31.2 Å². The predicted octanol–water partition coefficient (Wildman–Crippen LogP) is 3.12. The van der Waals surface area contributed by atoms with E-state index in [1.54, 1.807) is 7.11 Å². The van der Waals surface area contributed by atoms with Crippen LogP contribution in [0.1, 0.15) is 53.4 Å². The Morgan fingerprint density at radius 1 is 1.31 bits per heavy atom. The van der Waals surface area contributed by atoms with Crippen molar-refractivity contribution in [2.75, 3.05) is 7.11 Å². The quantitative estimate of drug-likeness (QED) is 0.726. The summed E-state index contributed by atoms with van der Waals surface area (Å²) in [4.78, 5) is 0. The van der Waals surface area contributed by atoms with Crippen LogP contribution in [0.25, 0.3) is 0 Å². The molecule has 16 heavy (non-hydrogen) atoms. The summed E-state index contributed by atoms with van der Waals surface area (Å²) < 4.78 is 17.3. The van der Waals surface area contributed by atoms with Crippen molar-refractivity contribution in [1.29, 1.82) is 0 Å². The fraction of sp³-hybridized carbons (Fsp3) is 1.00. The van der Waals surface area contributed by atoms with E-state index < -0.39 is 0 Å². The molecule has 0 amide bonds. The second-order valence-corrected chi connectivity index (χ2v) is 5.01. The largest absolute Gasteiger partial charge is 0.378 e. The van der Waals surface area contributed by atoms with Gasteiger partial charge in [0.05, 0.1) is 17.8 Å². The van der Waals surface area contributed by atoms with Gasteiger partial charge < -0.3 is 14.2 Å². The normalized spacial score (nSPS) is 35.6. The van der Waals surface area contributed by atoms with Crippen molar-refractivity contribution in [2.24, 2.45) is 0 Å². The van der Waals surface area contributed by atoms with E-state index in [-0.39, 0.29) is 18.0 Å². The smallest absolute Gasteiger partial charge is 0.161 e. The molecule has 0 aromatic rings. The van der Waals surface area contributed by atoms with Crippen LogP contribution in [0.4, 0.5) is 0 Å². The van der Waals surface area contributed by atoms with E-state index in [1.165, 1.54) is 0 Å². The first-order chi connectivity index (χ1) is 7.53.